The van der Waals surface area contributed by atoms with Gasteiger partial charge in [0.25, 0.3) is 11.8 Å². The molecule has 8 nitrogen and oxygen atoms in total. The van der Waals surface area contributed by atoms with Crippen LogP contribution in [-0.2, 0) is 4.79 Å². The SMILES string of the molecule is COc1ccc(-c2cccc3c2C(=Cc2[nH]c(C)c(C(=O)N4CC[C@@H](O)C4)c2C)C(=O)N3)cc1OC. The molecular weight excluding hydrogens is 458 g/mol. The number of aromatic nitrogens is 1. The van der Waals surface area contributed by atoms with Crippen molar-refractivity contribution in [2.45, 2.75) is 26.4 Å². The first kappa shape index (κ1) is 23.7. The predicted molar refractivity (Wildman–Crippen MR) is 138 cm³/mol. The molecule has 3 N–H and O–H groups in total. The van der Waals surface area contributed by atoms with Crippen LogP contribution in [-0.4, -0.2) is 60.2 Å². The molecule has 8 heteroatoms. The van der Waals surface area contributed by atoms with Crippen LogP contribution in [0.4, 0.5) is 5.69 Å². The number of rotatable bonds is 5. The Hall–Kier alpha value is -4.04. The van der Waals surface area contributed by atoms with E-state index in [1.165, 1.54) is 0 Å². The van der Waals surface area contributed by atoms with Crippen LogP contribution in [0, 0.1) is 13.8 Å². The van der Waals surface area contributed by atoms with E-state index in [9.17, 15) is 14.7 Å². The third kappa shape index (κ3) is 3.93. The molecule has 1 aromatic heterocycles. The molecule has 36 heavy (non-hydrogen) atoms. The summed E-state index contributed by atoms with van der Waals surface area (Å²) in [5.41, 5.74) is 6.58. The van der Waals surface area contributed by atoms with E-state index in [0.717, 1.165) is 33.6 Å². The van der Waals surface area contributed by atoms with Crippen LogP contribution in [0.1, 0.15) is 39.3 Å². The fourth-order valence-corrected chi connectivity index (χ4v) is 5.10. The summed E-state index contributed by atoms with van der Waals surface area (Å²) in [6.45, 7) is 4.60. The Bertz CT molecular complexity index is 1400. The number of aromatic amines is 1. The number of nitrogens with zero attached hydrogens (tertiary/aromatic N) is 1. The monoisotopic (exact) mass is 487 g/mol. The van der Waals surface area contributed by atoms with Crippen molar-refractivity contribution in [1.29, 1.82) is 0 Å². The number of nitrogens with one attached hydrogen (secondary N) is 2. The van der Waals surface area contributed by atoms with Crippen molar-refractivity contribution in [3.63, 3.8) is 0 Å². The van der Waals surface area contributed by atoms with Crippen LogP contribution in [0.5, 0.6) is 11.5 Å². The number of hydrogen-bond donors (Lipinski definition) is 3. The topological polar surface area (TPSA) is 104 Å². The second-order valence-corrected chi connectivity index (χ2v) is 9.17. The maximum atomic E-state index is 13.2. The molecule has 1 saturated heterocycles. The zero-order valence-corrected chi connectivity index (χ0v) is 20.8. The summed E-state index contributed by atoms with van der Waals surface area (Å²) in [6.07, 6.45) is 1.91. The van der Waals surface area contributed by atoms with E-state index in [-0.39, 0.29) is 11.8 Å². The molecule has 2 amide bonds. The molecule has 0 spiro atoms. The predicted octanol–water partition coefficient (Wildman–Crippen LogP) is 4.02. The third-order valence-corrected chi connectivity index (χ3v) is 6.95. The lowest BCUT2D eigenvalue weighted by Crippen LogP contribution is -2.30. The van der Waals surface area contributed by atoms with Crippen molar-refractivity contribution in [3.8, 4) is 22.6 Å². The van der Waals surface area contributed by atoms with Gasteiger partial charge in [-0.1, -0.05) is 18.2 Å². The molecule has 0 radical (unpaired) electrons. The molecule has 0 unspecified atom stereocenters. The summed E-state index contributed by atoms with van der Waals surface area (Å²) in [5, 5.41) is 12.8. The van der Waals surface area contributed by atoms with Crippen molar-refractivity contribution < 1.29 is 24.2 Å². The van der Waals surface area contributed by atoms with Gasteiger partial charge < -0.3 is 29.8 Å². The van der Waals surface area contributed by atoms with Crippen LogP contribution < -0.4 is 14.8 Å². The number of carbonyl (C=O) groups excluding carboxylic acids is 2. The number of H-pyrrole nitrogens is 1. The van der Waals surface area contributed by atoms with Crippen molar-refractivity contribution >= 4 is 29.2 Å². The normalized spacial score (nSPS) is 17.9. The molecule has 186 valence electrons. The largest absolute Gasteiger partial charge is 0.493 e. The van der Waals surface area contributed by atoms with Gasteiger partial charge in [-0.15, -0.1) is 0 Å². The van der Waals surface area contributed by atoms with Crippen molar-refractivity contribution in [1.82, 2.24) is 9.88 Å². The first-order valence-electron chi connectivity index (χ1n) is 11.9. The highest BCUT2D eigenvalue weighted by atomic mass is 16.5. The van der Waals surface area contributed by atoms with Gasteiger partial charge in [-0.2, -0.15) is 0 Å². The van der Waals surface area contributed by atoms with Crippen molar-refractivity contribution in [3.05, 3.63) is 64.5 Å². The number of aryl methyl sites for hydroxylation is 1. The second-order valence-electron chi connectivity index (χ2n) is 9.17. The Morgan fingerprint density at radius 2 is 1.92 bits per heavy atom. The van der Waals surface area contributed by atoms with Gasteiger partial charge in [0.2, 0.25) is 0 Å². The number of anilines is 1. The lowest BCUT2D eigenvalue weighted by molar-refractivity contribution is -0.110. The molecule has 1 fully saturated rings. The average Bonchev–Trinajstić information content (AvgIpc) is 3.53. The number of aliphatic hydroxyl groups is 1. The summed E-state index contributed by atoms with van der Waals surface area (Å²) in [6, 6.07) is 11.4. The van der Waals surface area contributed by atoms with Crippen LogP contribution in [0.3, 0.4) is 0 Å². The van der Waals surface area contributed by atoms with Crippen LogP contribution in [0.25, 0.3) is 22.8 Å². The Balaban J connectivity index is 1.58. The highest BCUT2D eigenvalue weighted by molar-refractivity contribution is 6.36. The zero-order valence-electron chi connectivity index (χ0n) is 20.8. The molecule has 2 aliphatic rings. The molecule has 2 aliphatic heterocycles. The number of methoxy groups -OCH3 is 2. The Labute approximate surface area is 209 Å². The van der Waals surface area contributed by atoms with E-state index >= 15 is 0 Å². The highest BCUT2D eigenvalue weighted by Gasteiger charge is 2.31. The third-order valence-electron chi connectivity index (χ3n) is 6.95. The zero-order chi connectivity index (χ0) is 25.6. The van der Waals surface area contributed by atoms with Gasteiger partial charge in [0.05, 0.1) is 31.5 Å². The summed E-state index contributed by atoms with van der Waals surface area (Å²) in [4.78, 5) is 31.2. The van der Waals surface area contributed by atoms with E-state index in [1.54, 1.807) is 19.1 Å². The number of aliphatic hydroxyl groups excluding tert-OH is 1. The van der Waals surface area contributed by atoms with Crippen LogP contribution in [0.2, 0.25) is 0 Å². The van der Waals surface area contributed by atoms with E-state index < -0.39 is 6.10 Å². The Morgan fingerprint density at radius 3 is 2.61 bits per heavy atom. The van der Waals surface area contributed by atoms with Gasteiger partial charge in [0.15, 0.2) is 11.5 Å². The first-order chi connectivity index (χ1) is 17.3. The number of hydrogen-bond acceptors (Lipinski definition) is 5. The highest BCUT2D eigenvalue weighted by Crippen LogP contribution is 2.42. The van der Waals surface area contributed by atoms with Crippen LogP contribution in [0.15, 0.2) is 36.4 Å². The van der Waals surface area contributed by atoms with Crippen LogP contribution >= 0.6 is 0 Å². The standard InChI is InChI=1S/C28H29N3O5/c1-15-22(29-16(2)25(15)28(34)31-11-10-18(32)14-31)13-20-26-19(6-5-7-21(26)30-27(20)33)17-8-9-23(35-3)24(12-17)36-4/h5-9,12-13,18,29,32H,10-11,14H2,1-4H3,(H,30,33)/t18-/m1/s1. The van der Waals surface area contributed by atoms with Gasteiger partial charge in [-0.25, -0.2) is 0 Å². The van der Waals surface area contributed by atoms with E-state index in [0.29, 0.717) is 47.8 Å². The summed E-state index contributed by atoms with van der Waals surface area (Å²) in [7, 11) is 3.18. The number of amides is 2. The summed E-state index contributed by atoms with van der Waals surface area (Å²) < 4.78 is 10.9. The number of fused-ring (bicyclic) bond motifs is 1. The van der Waals surface area contributed by atoms with Gasteiger partial charge in [-0.05, 0) is 61.2 Å². The summed E-state index contributed by atoms with van der Waals surface area (Å²) in [5.74, 6) is 0.908. The van der Waals surface area contributed by atoms with E-state index in [2.05, 4.69) is 10.3 Å². The van der Waals surface area contributed by atoms with E-state index in [4.69, 9.17) is 9.47 Å². The fraction of sp³-hybridized carbons (Fsp3) is 0.286. The molecule has 0 aliphatic carbocycles. The average molecular weight is 488 g/mol. The number of benzene rings is 2. The number of carbonyl (C=O) groups is 2. The summed E-state index contributed by atoms with van der Waals surface area (Å²) >= 11 is 0. The lowest BCUT2D eigenvalue weighted by Gasteiger charge is -2.16. The lowest BCUT2D eigenvalue weighted by atomic mass is 9.93. The Kier molecular flexibility index (Phi) is 6.05. The maximum Gasteiger partial charge on any atom is 0.256 e. The molecule has 5 rings (SSSR count). The van der Waals surface area contributed by atoms with Gasteiger partial charge in [-0.3, -0.25) is 9.59 Å². The number of ether oxygens (including phenoxy) is 2. The van der Waals surface area contributed by atoms with Gasteiger partial charge in [0, 0.05) is 35.7 Å². The minimum absolute atomic E-state index is 0.107. The molecule has 3 aromatic rings. The molecule has 0 saturated carbocycles. The Morgan fingerprint density at radius 1 is 1.14 bits per heavy atom. The molecule has 3 heterocycles. The van der Waals surface area contributed by atoms with E-state index in [1.807, 2.05) is 56.3 Å². The molecular formula is C28H29N3O5. The van der Waals surface area contributed by atoms with Crippen molar-refractivity contribution in [2.24, 2.45) is 0 Å². The number of likely N-dealkylation sites (tertiary alicyclic amines) is 1. The second kappa shape index (κ2) is 9.20. The maximum absolute atomic E-state index is 13.2. The molecule has 0 bridgehead atoms. The number of β-amino-alcohol motifs (C(OH)–C–C–N with tert-alkyl or cyclic N) is 1. The smallest absolute Gasteiger partial charge is 0.256 e. The minimum Gasteiger partial charge on any atom is -0.493 e. The molecule has 2 aromatic carbocycles. The first-order valence-corrected chi connectivity index (χ1v) is 11.9. The quantitative estimate of drug-likeness (QED) is 0.472. The van der Waals surface area contributed by atoms with Gasteiger partial charge >= 0.3 is 0 Å². The minimum atomic E-state index is -0.483. The fourth-order valence-electron chi connectivity index (χ4n) is 5.10. The van der Waals surface area contributed by atoms with Crippen molar-refractivity contribution in [2.75, 3.05) is 32.6 Å². The molecule has 1 atom stereocenters. The van der Waals surface area contributed by atoms with Gasteiger partial charge in [0.1, 0.15) is 0 Å².